The maximum atomic E-state index is 13.6. The molecule has 1 aliphatic rings. The van der Waals surface area contributed by atoms with Gasteiger partial charge in [0.1, 0.15) is 23.4 Å². The van der Waals surface area contributed by atoms with E-state index in [0.717, 1.165) is 32.1 Å². The first-order chi connectivity index (χ1) is 15.9. The van der Waals surface area contributed by atoms with Crippen molar-refractivity contribution in [3.63, 3.8) is 0 Å². The zero-order chi connectivity index (χ0) is 25.5. The lowest BCUT2D eigenvalue weighted by atomic mass is 9.94. The highest BCUT2D eigenvalue weighted by molar-refractivity contribution is 5.92. The Bertz CT molecular complexity index is 887. The van der Waals surface area contributed by atoms with Crippen molar-refractivity contribution in [1.29, 1.82) is 0 Å². The Hall–Kier alpha value is -3.03. The summed E-state index contributed by atoms with van der Waals surface area (Å²) in [4.78, 5) is 40.6. The highest BCUT2D eigenvalue weighted by Crippen LogP contribution is 2.32. The van der Waals surface area contributed by atoms with E-state index >= 15 is 0 Å². The minimum Gasteiger partial charge on any atom is -0.507 e. The second-order valence-electron chi connectivity index (χ2n) is 9.91. The number of carbonyl (C=O) groups excluding carboxylic acids is 3. The minimum atomic E-state index is -1.09. The van der Waals surface area contributed by atoms with Crippen LogP contribution in [0.25, 0.3) is 0 Å². The molecule has 1 fully saturated rings. The molecule has 8 nitrogen and oxygen atoms in total. The van der Waals surface area contributed by atoms with Crippen molar-refractivity contribution < 1.29 is 24.2 Å². The second-order valence-corrected chi connectivity index (χ2v) is 9.91. The van der Waals surface area contributed by atoms with Crippen molar-refractivity contribution >= 4 is 17.9 Å². The molecule has 2 rings (SSSR count). The summed E-state index contributed by atoms with van der Waals surface area (Å²) in [7, 11) is 0. The van der Waals surface area contributed by atoms with Gasteiger partial charge in [-0.15, -0.1) is 6.58 Å². The van der Waals surface area contributed by atoms with Gasteiger partial charge in [-0.3, -0.25) is 9.59 Å². The molecule has 1 aliphatic carbocycles. The Labute approximate surface area is 202 Å². The quantitative estimate of drug-likeness (QED) is 0.492. The maximum absolute atomic E-state index is 13.6. The van der Waals surface area contributed by atoms with E-state index in [0.29, 0.717) is 11.1 Å². The van der Waals surface area contributed by atoms with Gasteiger partial charge in [-0.2, -0.15) is 0 Å². The highest BCUT2D eigenvalue weighted by Gasteiger charge is 2.36. The third-order valence-electron chi connectivity index (χ3n) is 5.79. The van der Waals surface area contributed by atoms with Crippen molar-refractivity contribution in [2.45, 2.75) is 90.4 Å². The molecule has 2 unspecified atom stereocenters. The summed E-state index contributed by atoms with van der Waals surface area (Å²) in [6.45, 7) is 12.3. The molecular formula is C26H39N3O5. The molecule has 1 aromatic rings. The van der Waals surface area contributed by atoms with E-state index in [9.17, 15) is 19.5 Å². The van der Waals surface area contributed by atoms with E-state index in [4.69, 9.17) is 4.74 Å². The molecule has 3 amide bonds. The molecule has 0 spiro atoms. The third kappa shape index (κ3) is 7.50. The number of phenolic OH excluding ortho intramolecular Hbond substituents is 1. The number of amides is 3. The van der Waals surface area contributed by atoms with Crippen LogP contribution in [0.4, 0.5) is 4.79 Å². The molecule has 0 aliphatic heterocycles. The molecule has 2 atom stereocenters. The average Bonchev–Trinajstić information content (AvgIpc) is 2.75. The molecule has 34 heavy (non-hydrogen) atoms. The van der Waals surface area contributed by atoms with Crippen LogP contribution in [-0.2, 0) is 14.3 Å². The van der Waals surface area contributed by atoms with Crippen LogP contribution in [0.5, 0.6) is 5.75 Å². The summed E-state index contributed by atoms with van der Waals surface area (Å²) < 4.78 is 5.27. The Morgan fingerprint density at radius 3 is 2.47 bits per heavy atom. The molecule has 3 N–H and O–H groups in total. The number of para-hydroxylation sites is 1. The summed E-state index contributed by atoms with van der Waals surface area (Å²) in [5.74, 6) is -0.899. The number of aromatic hydroxyl groups is 1. The smallest absolute Gasteiger partial charge is 0.408 e. The van der Waals surface area contributed by atoms with E-state index in [2.05, 4.69) is 17.2 Å². The monoisotopic (exact) mass is 473 g/mol. The fourth-order valence-corrected chi connectivity index (χ4v) is 4.14. The number of hydrogen-bond acceptors (Lipinski definition) is 5. The predicted molar refractivity (Wildman–Crippen MR) is 131 cm³/mol. The first-order valence-corrected chi connectivity index (χ1v) is 11.9. The summed E-state index contributed by atoms with van der Waals surface area (Å²) >= 11 is 0. The van der Waals surface area contributed by atoms with Crippen LogP contribution in [-0.4, -0.2) is 52.1 Å². The average molecular weight is 474 g/mol. The molecule has 8 heteroatoms. The van der Waals surface area contributed by atoms with E-state index in [1.165, 1.54) is 17.9 Å². The highest BCUT2D eigenvalue weighted by atomic mass is 16.6. The van der Waals surface area contributed by atoms with Crippen molar-refractivity contribution in [2.24, 2.45) is 0 Å². The summed E-state index contributed by atoms with van der Waals surface area (Å²) in [6.07, 6.45) is 5.77. The molecule has 1 saturated carbocycles. The Morgan fingerprint density at radius 1 is 1.24 bits per heavy atom. The fourth-order valence-electron chi connectivity index (χ4n) is 4.14. The van der Waals surface area contributed by atoms with E-state index in [-0.39, 0.29) is 24.2 Å². The van der Waals surface area contributed by atoms with Crippen molar-refractivity contribution in [3.05, 3.63) is 42.0 Å². The van der Waals surface area contributed by atoms with Gasteiger partial charge in [-0.05, 0) is 53.0 Å². The third-order valence-corrected chi connectivity index (χ3v) is 5.79. The number of carbonyl (C=O) groups is 3. The van der Waals surface area contributed by atoms with Gasteiger partial charge in [0, 0.05) is 18.2 Å². The van der Waals surface area contributed by atoms with Crippen molar-refractivity contribution in [3.8, 4) is 5.75 Å². The molecule has 0 radical (unpaired) electrons. The number of alkyl carbamates (subject to hydrolysis) is 1. The van der Waals surface area contributed by atoms with Gasteiger partial charge in [0.25, 0.3) is 0 Å². The Balaban J connectivity index is 2.37. The van der Waals surface area contributed by atoms with Crippen LogP contribution in [0.15, 0.2) is 30.9 Å². The van der Waals surface area contributed by atoms with Crippen LogP contribution in [0.1, 0.15) is 77.0 Å². The van der Waals surface area contributed by atoms with Gasteiger partial charge < -0.3 is 25.4 Å². The lowest BCUT2D eigenvalue weighted by molar-refractivity contribution is -0.142. The molecule has 0 heterocycles. The topological polar surface area (TPSA) is 108 Å². The number of nitrogens with zero attached hydrogens (tertiary/aromatic N) is 1. The first kappa shape index (κ1) is 27.2. The van der Waals surface area contributed by atoms with Crippen LogP contribution in [0.3, 0.4) is 0 Å². The maximum Gasteiger partial charge on any atom is 0.408 e. The zero-order valence-corrected chi connectivity index (χ0v) is 21.0. The van der Waals surface area contributed by atoms with Gasteiger partial charge in [0.15, 0.2) is 0 Å². The largest absolute Gasteiger partial charge is 0.507 e. The van der Waals surface area contributed by atoms with Gasteiger partial charge in [-0.1, -0.05) is 43.5 Å². The minimum absolute atomic E-state index is 0.0219. The predicted octanol–water partition coefficient (Wildman–Crippen LogP) is 4.12. The molecule has 0 bridgehead atoms. The van der Waals surface area contributed by atoms with Crippen LogP contribution in [0, 0.1) is 6.92 Å². The van der Waals surface area contributed by atoms with Crippen LogP contribution < -0.4 is 10.6 Å². The molecule has 0 saturated heterocycles. The summed E-state index contributed by atoms with van der Waals surface area (Å²) in [6, 6.07) is 3.09. The van der Waals surface area contributed by atoms with Gasteiger partial charge in [-0.25, -0.2) is 4.79 Å². The summed E-state index contributed by atoms with van der Waals surface area (Å²) in [5, 5.41) is 16.4. The van der Waals surface area contributed by atoms with Gasteiger partial charge in [0.2, 0.25) is 11.8 Å². The SMILES string of the molecule is C=CCN(C(=O)C(C)NC(=O)OC(C)(C)C)C(C(=O)NC1CCCCC1)c1cccc(C)c1O. The van der Waals surface area contributed by atoms with Gasteiger partial charge in [0.05, 0.1) is 0 Å². The normalized spacial score (nSPS) is 16.1. The molecular weight excluding hydrogens is 434 g/mol. The zero-order valence-electron chi connectivity index (χ0n) is 21.0. The number of hydrogen-bond donors (Lipinski definition) is 3. The number of rotatable bonds is 8. The number of benzene rings is 1. The number of phenols is 1. The van der Waals surface area contributed by atoms with E-state index in [1.807, 2.05) is 0 Å². The molecule has 0 aromatic heterocycles. The first-order valence-electron chi connectivity index (χ1n) is 11.9. The van der Waals surface area contributed by atoms with Crippen molar-refractivity contribution in [2.75, 3.05) is 6.54 Å². The number of ether oxygens (including phenoxy) is 1. The lowest BCUT2D eigenvalue weighted by Crippen LogP contribution is -2.53. The fraction of sp³-hybridized carbons (Fsp3) is 0.577. The Kier molecular flexibility index (Phi) is 9.53. The second kappa shape index (κ2) is 11.9. The summed E-state index contributed by atoms with van der Waals surface area (Å²) in [5.41, 5.74) is 0.204. The Morgan fingerprint density at radius 2 is 1.88 bits per heavy atom. The van der Waals surface area contributed by atoms with E-state index in [1.54, 1.807) is 45.9 Å². The standard InChI is InChI=1S/C26H39N3O5/c1-7-16-29(24(32)18(3)27-25(33)34-26(4,5)6)21(20-15-11-12-17(2)22(20)30)23(31)28-19-13-9-8-10-14-19/h7,11-12,15,18-19,21,30H,1,8-10,13-14,16H2,2-6H3,(H,27,33)(H,28,31). The lowest BCUT2D eigenvalue weighted by Gasteiger charge is -2.34. The number of nitrogens with one attached hydrogen (secondary N) is 2. The molecule has 188 valence electrons. The number of aryl methyl sites for hydroxylation is 1. The van der Waals surface area contributed by atoms with Crippen molar-refractivity contribution in [1.82, 2.24) is 15.5 Å². The molecule has 1 aromatic carbocycles. The van der Waals surface area contributed by atoms with Crippen LogP contribution >= 0.6 is 0 Å². The van der Waals surface area contributed by atoms with Gasteiger partial charge >= 0.3 is 6.09 Å². The van der Waals surface area contributed by atoms with E-state index < -0.39 is 29.7 Å². The van der Waals surface area contributed by atoms with Crippen LogP contribution in [0.2, 0.25) is 0 Å².